The summed E-state index contributed by atoms with van der Waals surface area (Å²) in [6.07, 6.45) is 5.75. The van der Waals surface area contributed by atoms with Crippen LogP contribution in [0.5, 0.6) is 0 Å². The fourth-order valence-corrected chi connectivity index (χ4v) is 3.64. The normalized spacial score (nSPS) is 11.0. The van der Waals surface area contributed by atoms with Gasteiger partial charge in [-0.1, -0.05) is 48.5 Å². The van der Waals surface area contributed by atoms with Gasteiger partial charge in [0.2, 0.25) is 0 Å². The second-order valence-electron chi connectivity index (χ2n) is 7.14. The molecule has 0 amide bonds. The molecule has 2 aromatic carbocycles. The van der Waals surface area contributed by atoms with Gasteiger partial charge < -0.3 is 9.88 Å². The smallest absolute Gasteiger partial charge is 0.0968 e. The van der Waals surface area contributed by atoms with Crippen molar-refractivity contribution < 1.29 is 0 Å². The van der Waals surface area contributed by atoms with Crippen LogP contribution in [0, 0.1) is 11.3 Å². The van der Waals surface area contributed by atoms with Crippen LogP contribution < -0.4 is 5.32 Å². The third-order valence-electron chi connectivity index (χ3n) is 5.09. The highest BCUT2D eigenvalue weighted by molar-refractivity contribution is 5.79. The molecule has 2 heterocycles. The lowest BCUT2D eigenvalue weighted by atomic mass is 10.1. The van der Waals surface area contributed by atoms with Crippen LogP contribution >= 0.6 is 0 Å². The molecule has 0 saturated heterocycles. The minimum Gasteiger partial charge on any atom is -0.347 e. The zero-order valence-corrected chi connectivity index (χ0v) is 16.5. The predicted molar refractivity (Wildman–Crippen MR) is 116 cm³/mol. The highest BCUT2D eigenvalue weighted by Gasteiger charge is 2.11. The summed E-state index contributed by atoms with van der Waals surface area (Å²) in [4.78, 5) is 0. The van der Waals surface area contributed by atoms with Crippen LogP contribution in [-0.4, -0.2) is 20.9 Å². The summed E-state index contributed by atoms with van der Waals surface area (Å²) >= 11 is 0. The van der Waals surface area contributed by atoms with E-state index in [2.05, 4.69) is 70.8 Å². The van der Waals surface area contributed by atoms with Crippen molar-refractivity contribution in [1.82, 2.24) is 19.7 Å². The molecule has 4 rings (SSSR count). The van der Waals surface area contributed by atoms with Gasteiger partial charge in [0.15, 0.2) is 0 Å². The number of rotatable bonds is 9. The quantitative estimate of drug-likeness (QED) is 0.430. The lowest BCUT2D eigenvalue weighted by molar-refractivity contribution is 0.589. The van der Waals surface area contributed by atoms with E-state index < -0.39 is 0 Å². The van der Waals surface area contributed by atoms with E-state index in [0.717, 1.165) is 37.3 Å². The molecule has 1 N–H and O–H groups in total. The topological polar surface area (TPSA) is 58.6 Å². The van der Waals surface area contributed by atoms with E-state index in [1.807, 2.05) is 22.9 Å². The first-order valence-corrected chi connectivity index (χ1v) is 10.1. The largest absolute Gasteiger partial charge is 0.347 e. The molecule has 2 aromatic heterocycles. The number of hydrogen-bond donors (Lipinski definition) is 1. The van der Waals surface area contributed by atoms with Gasteiger partial charge >= 0.3 is 0 Å². The van der Waals surface area contributed by atoms with Crippen LogP contribution in [-0.2, 0) is 19.6 Å². The molecule has 0 aliphatic heterocycles. The standard InChI is InChI=1S/C24H25N5/c25-13-6-16-29-19-22(24(27-29)21-9-2-1-3-10-21)18-26-14-7-15-28-17-12-20-8-4-5-11-23(20)28/h1-5,8-12,17,19,26H,6-7,14-16,18H2. The molecule has 0 fully saturated rings. The highest BCUT2D eigenvalue weighted by atomic mass is 15.3. The van der Waals surface area contributed by atoms with Crippen LogP contribution in [0.3, 0.4) is 0 Å². The van der Waals surface area contributed by atoms with Crippen molar-refractivity contribution in [2.24, 2.45) is 0 Å². The Bertz CT molecular complexity index is 1100. The van der Waals surface area contributed by atoms with E-state index in [-0.39, 0.29) is 0 Å². The van der Waals surface area contributed by atoms with E-state index in [0.29, 0.717) is 13.0 Å². The summed E-state index contributed by atoms with van der Waals surface area (Å²) in [5.41, 5.74) is 4.56. The average Bonchev–Trinajstić information content (AvgIpc) is 3.37. The van der Waals surface area contributed by atoms with Gasteiger partial charge in [-0.05, 0) is 30.5 Å². The zero-order chi connectivity index (χ0) is 19.9. The summed E-state index contributed by atoms with van der Waals surface area (Å²) in [6, 6.07) is 23.1. The van der Waals surface area contributed by atoms with Crippen molar-refractivity contribution in [3.05, 3.63) is 78.6 Å². The van der Waals surface area contributed by atoms with Gasteiger partial charge in [-0.25, -0.2) is 0 Å². The van der Waals surface area contributed by atoms with Crippen molar-refractivity contribution in [3.8, 4) is 17.3 Å². The Morgan fingerprint density at radius 1 is 0.966 bits per heavy atom. The molecule has 4 aromatic rings. The number of nitrogens with zero attached hydrogens (tertiary/aromatic N) is 4. The zero-order valence-electron chi connectivity index (χ0n) is 16.5. The first kappa shape index (κ1) is 19.0. The Balaban J connectivity index is 1.36. The summed E-state index contributed by atoms with van der Waals surface area (Å²) in [7, 11) is 0. The summed E-state index contributed by atoms with van der Waals surface area (Å²) in [5.74, 6) is 0. The van der Waals surface area contributed by atoms with E-state index in [1.165, 1.54) is 16.5 Å². The van der Waals surface area contributed by atoms with E-state index in [1.54, 1.807) is 0 Å². The second kappa shape index (κ2) is 9.22. The number of nitrogens with one attached hydrogen (secondary N) is 1. The Morgan fingerprint density at radius 2 is 1.79 bits per heavy atom. The van der Waals surface area contributed by atoms with Crippen LogP contribution in [0.4, 0.5) is 0 Å². The number of para-hydroxylation sites is 1. The average molecular weight is 383 g/mol. The summed E-state index contributed by atoms with van der Waals surface area (Å²) < 4.78 is 4.20. The molecule has 0 bridgehead atoms. The van der Waals surface area contributed by atoms with Crippen LogP contribution in [0.15, 0.2) is 73.1 Å². The Labute approximate surface area is 171 Å². The first-order chi connectivity index (χ1) is 14.3. The maximum atomic E-state index is 8.86. The molecular weight excluding hydrogens is 358 g/mol. The summed E-state index contributed by atoms with van der Waals surface area (Å²) in [5, 5.41) is 18.4. The Morgan fingerprint density at radius 3 is 2.66 bits per heavy atom. The molecule has 5 heteroatoms. The van der Waals surface area contributed by atoms with Crippen LogP contribution in [0.1, 0.15) is 18.4 Å². The number of benzene rings is 2. The van der Waals surface area contributed by atoms with E-state index in [4.69, 9.17) is 10.4 Å². The molecule has 0 atom stereocenters. The molecule has 0 saturated carbocycles. The fraction of sp³-hybridized carbons (Fsp3) is 0.250. The number of nitriles is 1. The van der Waals surface area contributed by atoms with Gasteiger partial charge in [0.1, 0.15) is 0 Å². The second-order valence-corrected chi connectivity index (χ2v) is 7.14. The minimum absolute atomic E-state index is 0.466. The van der Waals surface area contributed by atoms with Gasteiger partial charge in [-0.2, -0.15) is 10.4 Å². The molecule has 0 aliphatic rings. The summed E-state index contributed by atoms with van der Waals surface area (Å²) in [6.45, 7) is 3.32. The maximum Gasteiger partial charge on any atom is 0.0968 e. The van der Waals surface area contributed by atoms with Crippen molar-refractivity contribution in [3.63, 3.8) is 0 Å². The Hall–Kier alpha value is -3.36. The molecule has 0 radical (unpaired) electrons. The van der Waals surface area contributed by atoms with Crippen molar-refractivity contribution >= 4 is 10.9 Å². The molecular formula is C24H25N5. The SMILES string of the molecule is N#CCCn1cc(CNCCCn2ccc3ccccc32)c(-c2ccccc2)n1. The fourth-order valence-electron chi connectivity index (χ4n) is 3.64. The van der Waals surface area contributed by atoms with Crippen molar-refractivity contribution in [1.29, 1.82) is 5.26 Å². The third kappa shape index (κ3) is 4.56. The molecule has 0 unspecified atom stereocenters. The first-order valence-electron chi connectivity index (χ1n) is 10.1. The van der Waals surface area contributed by atoms with Crippen molar-refractivity contribution in [2.45, 2.75) is 32.5 Å². The van der Waals surface area contributed by atoms with Gasteiger partial charge in [-0.15, -0.1) is 0 Å². The van der Waals surface area contributed by atoms with Crippen molar-refractivity contribution in [2.75, 3.05) is 6.54 Å². The molecule has 0 aliphatic carbocycles. The lowest BCUT2D eigenvalue weighted by Gasteiger charge is -2.07. The molecule has 146 valence electrons. The number of hydrogen-bond acceptors (Lipinski definition) is 3. The maximum absolute atomic E-state index is 8.86. The highest BCUT2D eigenvalue weighted by Crippen LogP contribution is 2.22. The van der Waals surface area contributed by atoms with Gasteiger partial charge in [-0.3, -0.25) is 4.68 Å². The number of fused-ring (bicyclic) bond motifs is 1. The van der Waals surface area contributed by atoms with E-state index in [9.17, 15) is 0 Å². The molecule has 5 nitrogen and oxygen atoms in total. The van der Waals surface area contributed by atoms with Gasteiger partial charge in [0.05, 0.1) is 24.7 Å². The molecule has 29 heavy (non-hydrogen) atoms. The third-order valence-corrected chi connectivity index (χ3v) is 5.09. The van der Waals surface area contributed by atoms with Gasteiger partial charge in [0, 0.05) is 42.1 Å². The monoisotopic (exact) mass is 383 g/mol. The number of aryl methyl sites for hydroxylation is 2. The van der Waals surface area contributed by atoms with E-state index >= 15 is 0 Å². The minimum atomic E-state index is 0.466. The number of aromatic nitrogens is 3. The Kier molecular flexibility index (Phi) is 6.04. The lowest BCUT2D eigenvalue weighted by Crippen LogP contribution is -2.16. The van der Waals surface area contributed by atoms with Crippen LogP contribution in [0.25, 0.3) is 22.2 Å². The predicted octanol–water partition coefficient (Wildman–Crippen LogP) is 4.60. The molecule has 0 spiro atoms. The van der Waals surface area contributed by atoms with Crippen LogP contribution in [0.2, 0.25) is 0 Å². The van der Waals surface area contributed by atoms with Gasteiger partial charge in [0.25, 0.3) is 0 Å².